The number of aryl methyl sites for hydroxylation is 3. The Balaban J connectivity index is 1.80. The topological polar surface area (TPSA) is 75.7 Å². The summed E-state index contributed by atoms with van der Waals surface area (Å²) in [6, 6.07) is 12.3. The van der Waals surface area contributed by atoms with Crippen LogP contribution in [0.3, 0.4) is 0 Å². The Hall–Kier alpha value is -2.38. The van der Waals surface area contributed by atoms with Crippen LogP contribution in [-0.4, -0.2) is 45.4 Å². The second kappa shape index (κ2) is 9.01. The first kappa shape index (κ1) is 20.9. The fourth-order valence-electron chi connectivity index (χ4n) is 2.40. The first-order valence-electron chi connectivity index (χ1n) is 8.70. The molecule has 6 nitrogen and oxygen atoms in total. The molecule has 27 heavy (non-hydrogen) atoms. The van der Waals surface area contributed by atoms with Gasteiger partial charge in [0.25, 0.3) is 0 Å². The summed E-state index contributed by atoms with van der Waals surface area (Å²) in [5.74, 6) is 0.364. The lowest BCUT2D eigenvalue weighted by atomic mass is 10.1. The number of benzene rings is 2. The molecule has 0 unspecified atom stereocenters. The van der Waals surface area contributed by atoms with Gasteiger partial charge < -0.3 is 10.1 Å². The van der Waals surface area contributed by atoms with Gasteiger partial charge >= 0.3 is 0 Å². The lowest BCUT2D eigenvalue weighted by Gasteiger charge is -2.17. The number of likely N-dealkylation sites (N-methyl/N-ethyl adjacent to an activating group) is 1. The first-order valence-corrected chi connectivity index (χ1v) is 10.1. The van der Waals surface area contributed by atoms with Gasteiger partial charge in [-0.05, 0) is 56.2 Å². The number of ether oxygens (including phenoxy) is 1. The number of carbonyl (C=O) groups excluding carboxylic acids is 1. The maximum absolute atomic E-state index is 12.5. The molecule has 0 spiro atoms. The molecule has 2 aromatic rings. The van der Waals surface area contributed by atoms with Gasteiger partial charge in [0.15, 0.2) is 0 Å². The highest BCUT2D eigenvalue weighted by Crippen LogP contribution is 2.16. The minimum Gasteiger partial charge on any atom is -0.492 e. The van der Waals surface area contributed by atoms with Gasteiger partial charge in [-0.2, -0.15) is 4.31 Å². The molecular weight excluding hydrogens is 364 g/mol. The third-order valence-electron chi connectivity index (χ3n) is 4.27. The highest BCUT2D eigenvalue weighted by Gasteiger charge is 2.22. The van der Waals surface area contributed by atoms with E-state index in [2.05, 4.69) is 5.32 Å². The zero-order valence-electron chi connectivity index (χ0n) is 16.2. The molecule has 1 N–H and O–H groups in total. The van der Waals surface area contributed by atoms with Crippen molar-refractivity contribution in [1.29, 1.82) is 0 Å². The van der Waals surface area contributed by atoms with Gasteiger partial charge in [-0.25, -0.2) is 8.42 Å². The molecule has 7 heteroatoms. The average Bonchev–Trinajstić information content (AvgIpc) is 2.62. The summed E-state index contributed by atoms with van der Waals surface area (Å²) in [6.45, 7) is 6.27. The zero-order chi connectivity index (χ0) is 20.0. The largest absolute Gasteiger partial charge is 0.492 e. The van der Waals surface area contributed by atoms with Crippen molar-refractivity contribution in [1.82, 2.24) is 9.62 Å². The Morgan fingerprint density at radius 2 is 1.70 bits per heavy atom. The van der Waals surface area contributed by atoms with Crippen molar-refractivity contribution in [3.63, 3.8) is 0 Å². The van der Waals surface area contributed by atoms with Crippen LogP contribution in [0.25, 0.3) is 0 Å². The SMILES string of the molecule is Cc1ccc(S(=O)(=O)N(C)CC(=O)NCCOc2ccc(C)c(C)c2)cc1. The smallest absolute Gasteiger partial charge is 0.243 e. The monoisotopic (exact) mass is 390 g/mol. The van der Waals surface area contributed by atoms with Gasteiger partial charge in [0.05, 0.1) is 18.0 Å². The van der Waals surface area contributed by atoms with Crippen LogP contribution in [0.4, 0.5) is 0 Å². The quantitative estimate of drug-likeness (QED) is 0.703. The number of hydrogen-bond donors (Lipinski definition) is 1. The summed E-state index contributed by atoms with van der Waals surface area (Å²) in [5, 5.41) is 2.67. The van der Waals surface area contributed by atoms with E-state index in [9.17, 15) is 13.2 Å². The lowest BCUT2D eigenvalue weighted by Crippen LogP contribution is -2.39. The van der Waals surface area contributed by atoms with Crippen LogP contribution in [0.1, 0.15) is 16.7 Å². The highest BCUT2D eigenvalue weighted by molar-refractivity contribution is 7.89. The van der Waals surface area contributed by atoms with Crippen molar-refractivity contribution < 1.29 is 17.9 Å². The van der Waals surface area contributed by atoms with Gasteiger partial charge in [-0.3, -0.25) is 4.79 Å². The molecule has 2 rings (SSSR count). The van der Waals surface area contributed by atoms with Crippen LogP contribution in [-0.2, 0) is 14.8 Å². The Kier molecular flexibility index (Phi) is 6.98. The van der Waals surface area contributed by atoms with E-state index in [-0.39, 0.29) is 17.3 Å². The summed E-state index contributed by atoms with van der Waals surface area (Å²) in [6.07, 6.45) is 0. The predicted octanol–water partition coefficient (Wildman–Crippen LogP) is 2.43. The van der Waals surface area contributed by atoms with Crippen LogP contribution < -0.4 is 10.1 Å². The van der Waals surface area contributed by atoms with E-state index < -0.39 is 10.0 Å². The first-order chi connectivity index (χ1) is 12.7. The molecule has 1 amide bonds. The highest BCUT2D eigenvalue weighted by atomic mass is 32.2. The van der Waals surface area contributed by atoms with Gasteiger partial charge in [-0.15, -0.1) is 0 Å². The minimum atomic E-state index is -3.69. The third-order valence-corrected chi connectivity index (χ3v) is 6.08. The number of rotatable bonds is 8. The van der Waals surface area contributed by atoms with Crippen LogP contribution in [0, 0.1) is 20.8 Å². The number of amides is 1. The summed E-state index contributed by atoms with van der Waals surface area (Å²) in [7, 11) is -2.30. The molecule has 0 heterocycles. The molecule has 0 aromatic heterocycles. The minimum absolute atomic E-state index is 0.168. The Labute approximate surface area is 161 Å². The molecule has 0 aliphatic heterocycles. The molecule has 0 fully saturated rings. The summed E-state index contributed by atoms with van der Waals surface area (Å²) >= 11 is 0. The Morgan fingerprint density at radius 3 is 2.33 bits per heavy atom. The molecular formula is C20H26N2O4S. The Bertz CT molecular complexity index is 893. The molecule has 0 bridgehead atoms. The van der Waals surface area contributed by atoms with E-state index in [0.717, 1.165) is 21.2 Å². The second-order valence-corrected chi connectivity index (χ2v) is 8.56. The van der Waals surface area contributed by atoms with Crippen molar-refractivity contribution in [2.45, 2.75) is 25.7 Å². The van der Waals surface area contributed by atoms with Gasteiger partial charge in [0.1, 0.15) is 12.4 Å². The maximum Gasteiger partial charge on any atom is 0.243 e. The van der Waals surface area contributed by atoms with E-state index in [1.165, 1.54) is 24.7 Å². The lowest BCUT2D eigenvalue weighted by molar-refractivity contribution is -0.121. The van der Waals surface area contributed by atoms with Crippen molar-refractivity contribution in [2.75, 3.05) is 26.7 Å². The van der Waals surface area contributed by atoms with Crippen LogP contribution in [0.15, 0.2) is 47.4 Å². The van der Waals surface area contributed by atoms with Crippen molar-refractivity contribution in [3.8, 4) is 5.75 Å². The zero-order valence-corrected chi connectivity index (χ0v) is 17.0. The van der Waals surface area contributed by atoms with Gasteiger partial charge in [-0.1, -0.05) is 23.8 Å². The normalized spacial score (nSPS) is 11.4. The molecule has 0 radical (unpaired) electrons. The third kappa shape index (κ3) is 5.80. The van der Waals surface area contributed by atoms with Crippen molar-refractivity contribution in [3.05, 3.63) is 59.2 Å². The van der Waals surface area contributed by atoms with Crippen LogP contribution in [0.5, 0.6) is 5.75 Å². The van der Waals surface area contributed by atoms with Crippen molar-refractivity contribution in [2.24, 2.45) is 0 Å². The van der Waals surface area contributed by atoms with Crippen LogP contribution in [0.2, 0.25) is 0 Å². The number of hydrogen-bond acceptors (Lipinski definition) is 4. The fourth-order valence-corrected chi connectivity index (χ4v) is 3.52. The summed E-state index contributed by atoms with van der Waals surface area (Å²) in [5.41, 5.74) is 3.30. The number of sulfonamides is 1. The molecule has 0 aliphatic rings. The average molecular weight is 391 g/mol. The molecule has 0 saturated carbocycles. The second-order valence-electron chi connectivity index (χ2n) is 6.52. The van der Waals surface area contributed by atoms with E-state index in [0.29, 0.717) is 13.2 Å². The number of nitrogens with zero attached hydrogens (tertiary/aromatic N) is 1. The predicted molar refractivity (Wildman–Crippen MR) is 105 cm³/mol. The summed E-state index contributed by atoms with van der Waals surface area (Å²) < 4.78 is 31.6. The number of nitrogens with one attached hydrogen (secondary N) is 1. The van der Waals surface area contributed by atoms with E-state index >= 15 is 0 Å². The fraction of sp³-hybridized carbons (Fsp3) is 0.350. The summed E-state index contributed by atoms with van der Waals surface area (Å²) in [4.78, 5) is 12.2. The van der Waals surface area contributed by atoms with E-state index in [1.807, 2.05) is 39.0 Å². The standard InChI is InChI=1S/C20H26N2O4S/c1-15-5-9-19(10-6-15)27(24,25)22(4)14-20(23)21-11-12-26-18-8-7-16(2)17(3)13-18/h5-10,13H,11-12,14H2,1-4H3,(H,21,23). The maximum atomic E-state index is 12.5. The molecule has 0 saturated heterocycles. The van der Waals surface area contributed by atoms with E-state index in [4.69, 9.17) is 4.74 Å². The Morgan fingerprint density at radius 1 is 1.04 bits per heavy atom. The van der Waals surface area contributed by atoms with Gasteiger partial charge in [0, 0.05) is 7.05 Å². The van der Waals surface area contributed by atoms with E-state index in [1.54, 1.807) is 12.1 Å². The number of carbonyl (C=O) groups is 1. The van der Waals surface area contributed by atoms with Gasteiger partial charge in [0.2, 0.25) is 15.9 Å². The van der Waals surface area contributed by atoms with Crippen LogP contribution >= 0.6 is 0 Å². The molecule has 0 aliphatic carbocycles. The molecule has 0 atom stereocenters. The molecule has 2 aromatic carbocycles. The molecule has 146 valence electrons. The van der Waals surface area contributed by atoms with Crippen molar-refractivity contribution >= 4 is 15.9 Å².